The van der Waals surface area contributed by atoms with Crippen LogP contribution in [0.25, 0.3) is 0 Å². The van der Waals surface area contributed by atoms with Crippen LogP contribution in [0.15, 0.2) is 72.0 Å². The molecule has 0 spiro atoms. The van der Waals surface area contributed by atoms with E-state index in [1.807, 2.05) is 68.6 Å². The van der Waals surface area contributed by atoms with E-state index in [9.17, 15) is 14.4 Å². The minimum Gasteiger partial charge on any atom is -0.444 e. The summed E-state index contributed by atoms with van der Waals surface area (Å²) in [5.41, 5.74) is 3.90. The number of ether oxygens (including phenoxy) is 2. The number of alkyl carbamates (subject to hydrolysis) is 1. The highest BCUT2D eigenvalue weighted by molar-refractivity contribution is 7.11. The molecule has 1 aliphatic rings. The molecule has 3 aromatic rings. The second-order valence-corrected chi connectivity index (χ2v) is 16.1. The highest BCUT2D eigenvalue weighted by Gasteiger charge is 2.27. The second-order valence-electron chi connectivity index (χ2n) is 14.0. The topological polar surface area (TPSA) is 138 Å². The molecule has 3 atom stereocenters. The number of rotatable bonds is 20. The van der Waals surface area contributed by atoms with Crippen molar-refractivity contribution in [2.75, 3.05) is 39.9 Å². The van der Waals surface area contributed by atoms with Gasteiger partial charge < -0.3 is 30.3 Å². The van der Waals surface area contributed by atoms with Gasteiger partial charge in [-0.15, -0.1) is 22.7 Å². The van der Waals surface area contributed by atoms with Crippen LogP contribution in [0.4, 0.5) is 9.59 Å². The maximum atomic E-state index is 14.2. The number of carbonyl (C=O) groups excluding carboxylic acids is 3. The molecule has 1 aromatic carbocycles. The largest absolute Gasteiger partial charge is 0.444 e. The number of morpholine rings is 1. The molecule has 4 amide bonds. The van der Waals surface area contributed by atoms with Gasteiger partial charge >= 0.3 is 12.1 Å². The summed E-state index contributed by atoms with van der Waals surface area (Å²) in [4.78, 5) is 55.0. The summed E-state index contributed by atoms with van der Waals surface area (Å²) in [5, 5.41) is 10.4. The van der Waals surface area contributed by atoms with Crippen LogP contribution in [0, 0.1) is 0 Å². The summed E-state index contributed by atoms with van der Waals surface area (Å²) in [7, 11) is 1.74. The molecule has 3 N–H and O–H groups in total. The van der Waals surface area contributed by atoms with Crippen molar-refractivity contribution in [2.45, 2.75) is 97.0 Å². The molecule has 12 nitrogen and oxygen atoms in total. The third-order valence-corrected chi connectivity index (χ3v) is 11.1. The van der Waals surface area contributed by atoms with Gasteiger partial charge in [-0.05, 0) is 51.5 Å². The standard InChI is InChI=1S/C40H57N7O5S2/c1-6-7-11-30(4)22-32(44-40(50)52-27-35-24-41-28-53-35)14-15-33(23-31-12-9-8-10-13-31)43-37(48)36(16-17-47-18-20-51-21-19-47)45-39(49)46(5)26-34-25-42-38(54-34)29(2)3/h6-13,24-25,28-29,32-33,36H,14-23,26-27H2,1-5H3,(H,43,48)(H,44,50)(H,45,49)/b7-6-,30-11+. The zero-order valence-electron chi connectivity index (χ0n) is 32.3. The fraction of sp³-hybridized carbons (Fsp3) is 0.525. The Morgan fingerprint density at radius 1 is 1.02 bits per heavy atom. The number of nitrogens with zero attached hydrogens (tertiary/aromatic N) is 4. The zero-order valence-corrected chi connectivity index (χ0v) is 33.9. The minimum atomic E-state index is -0.754. The van der Waals surface area contributed by atoms with Crippen molar-refractivity contribution in [2.24, 2.45) is 0 Å². The average Bonchev–Trinajstić information content (AvgIpc) is 3.87. The molecule has 0 bridgehead atoms. The number of hydrogen-bond donors (Lipinski definition) is 3. The van der Waals surface area contributed by atoms with E-state index in [0.717, 1.165) is 39.0 Å². The van der Waals surface area contributed by atoms with Crippen LogP contribution in [0.3, 0.4) is 0 Å². The second kappa shape index (κ2) is 23.0. The average molecular weight is 780 g/mol. The number of aromatic nitrogens is 2. The lowest BCUT2D eigenvalue weighted by Crippen LogP contribution is -2.54. The van der Waals surface area contributed by atoms with Crippen LogP contribution < -0.4 is 16.0 Å². The molecule has 0 aliphatic carbocycles. The van der Waals surface area contributed by atoms with Gasteiger partial charge in [0.05, 0.1) is 35.2 Å². The normalized spacial score (nSPS) is 15.5. The highest BCUT2D eigenvalue weighted by Crippen LogP contribution is 2.22. The third kappa shape index (κ3) is 15.3. The quantitative estimate of drug-likeness (QED) is 0.108. The molecule has 294 valence electrons. The molecule has 1 saturated heterocycles. The first kappa shape index (κ1) is 42.6. The molecule has 0 saturated carbocycles. The van der Waals surface area contributed by atoms with Crippen LogP contribution in [-0.2, 0) is 33.8 Å². The Kier molecular flexibility index (Phi) is 18.1. The molecular weight excluding hydrogens is 723 g/mol. The number of carbonyl (C=O) groups is 3. The molecule has 54 heavy (non-hydrogen) atoms. The van der Waals surface area contributed by atoms with E-state index >= 15 is 0 Å². The molecule has 3 unspecified atom stereocenters. The Bertz CT molecular complexity index is 1620. The maximum Gasteiger partial charge on any atom is 0.407 e. The minimum absolute atomic E-state index is 0.152. The fourth-order valence-corrected chi connectivity index (χ4v) is 7.54. The number of nitrogens with one attached hydrogen (secondary N) is 3. The summed E-state index contributed by atoms with van der Waals surface area (Å²) in [6, 6.07) is 8.48. The summed E-state index contributed by atoms with van der Waals surface area (Å²) >= 11 is 3.03. The van der Waals surface area contributed by atoms with Gasteiger partial charge in [-0.2, -0.15) is 0 Å². The molecule has 3 heterocycles. The van der Waals surface area contributed by atoms with E-state index in [4.69, 9.17) is 9.47 Å². The highest BCUT2D eigenvalue weighted by atomic mass is 32.1. The van der Waals surface area contributed by atoms with Crippen molar-refractivity contribution < 1.29 is 23.9 Å². The van der Waals surface area contributed by atoms with Crippen molar-refractivity contribution in [3.8, 4) is 0 Å². The lowest BCUT2D eigenvalue weighted by atomic mass is 9.96. The van der Waals surface area contributed by atoms with E-state index in [-0.39, 0.29) is 30.6 Å². The monoisotopic (exact) mass is 779 g/mol. The predicted molar refractivity (Wildman–Crippen MR) is 216 cm³/mol. The van der Waals surface area contributed by atoms with Gasteiger partial charge in [-0.1, -0.05) is 68.0 Å². The fourth-order valence-electron chi connectivity index (χ4n) is 6.06. The Balaban J connectivity index is 1.47. The van der Waals surface area contributed by atoms with Crippen LogP contribution in [0.2, 0.25) is 0 Å². The summed E-state index contributed by atoms with van der Waals surface area (Å²) in [5.74, 6) is 0.0798. The van der Waals surface area contributed by atoms with Crippen LogP contribution >= 0.6 is 22.7 Å². The molecule has 1 fully saturated rings. The number of benzene rings is 1. The Morgan fingerprint density at radius 3 is 2.46 bits per heavy atom. The maximum absolute atomic E-state index is 14.2. The number of hydrogen-bond acceptors (Lipinski definition) is 10. The van der Waals surface area contributed by atoms with Crippen molar-refractivity contribution >= 4 is 40.7 Å². The molecule has 1 aliphatic heterocycles. The van der Waals surface area contributed by atoms with Crippen LogP contribution in [0.5, 0.6) is 0 Å². The Labute approximate surface area is 328 Å². The van der Waals surface area contributed by atoms with Gasteiger partial charge in [0.15, 0.2) is 0 Å². The summed E-state index contributed by atoms with van der Waals surface area (Å²) in [6.07, 6.45) is 11.8. The van der Waals surface area contributed by atoms with E-state index < -0.39 is 12.1 Å². The number of amides is 4. The van der Waals surface area contributed by atoms with E-state index in [2.05, 4.69) is 44.7 Å². The third-order valence-electron chi connectivity index (χ3n) is 9.08. The van der Waals surface area contributed by atoms with E-state index in [1.165, 1.54) is 11.3 Å². The van der Waals surface area contributed by atoms with Crippen molar-refractivity contribution in [3.63, 3.8) is 0 Å². The Morgan fingerprint density at radius 2 is 1.78 bits per heavy atom. The first-order chi connectivity index (χ1) is 26.1. The molecular formula is C40H57N7O5S2. The number of thiazole rings is 2. The lowest BCUT2D eigenvalue weighted by Gasteiger charge is -2.30. The Hall–Kier alpha value is -4.11. The van der Waals surface area contributed by atoms with Gasteiger partial charge in [0.1, 0.15) is 12.6 Å². The molecule has 0 radical (unpaired) electrons. The number of allylic oxidation sites excluding steroid dienone is 3. The van der Waals surface area contributed by atoms with Crippen LogP contribution in [-0.4, -0.2) is 95.8 Å². The van der Waals surface area contributed by atoms with Gasteiger partial charge in [0.2, 0.25) is 5.91 Å². The van der Waals surface area contributed by atoms with E-state index in [1.54, 1.807) is 35.0 Å². The lowest BCUT2D eigenvalue weighted by molar-refractivity contribution is -0.124. The van der Waals surface area contributed by atoms with Crippen molar-refractivity contribution in [3.05, 3.63) is 92.4 Å². The van der Waals surface area contributed by atoms with Gasteiger partial charge in [0, 0.05) is 62.0 Å². The SMILES string of the molecule is C/C=C\C=C(/C)CC(CCC(Cc1ccccc1)NC(=O)C(CCN1CCOCC1)NC(=O)N(C)Cc1cnc(C(C)C)s1)NC(=O)OCc1cncs1. The van der Waals surface area contributed by atoms with Crippen molar-refractivity contribution in [1.29, 1.82) is 0 Å². The van der Waals surface area contributed by atoms with Crippen molar-refractivity contribution in [1.82, 2.24) is 35.7 Å². The van der Waals surface area contributed by atoms with Gasteiger partial charge in [0.25, 0.3) is 0 Å². The molecule has 2 aromatic heterocycles. The smallest absolute Gasteiger partial charge is 0.407 e. The first-order valence-electron chi connectivity index (χ1n) is 18.8. The number of urea groups is 1. The predicted octanol–water partition coefficient (Wildman–Crippen LogP) is 6.67. The first-order valence-corrected chi connectivity index (χ1v) is 20.5. The summed E-state index contributed by atoms with van der Waals surface area (Å²) < 4.78 is 11.1. The van der Waals surface area contributed by atoms with Crippen LogP contribution in [0.1, 0.15) is 79.6 Å². The summed E-state index contributed by atoms with van der Waals surface area (Å²) in [6.45, 7) is 12.3. The van der Waals surface area contributed by atoms with E-state index in [0.29, 0.717) is 64.3 Å². The van der Waals surface area contributed by atoms with Gasteiger partial charge in [-0.25, -0.2) is 14.6 Å². The molecule has 14 heteroatoms. The van der Waals surface area contributed by atoms with Gasteiger partial charge in [-0.3, -0.25) is 14.7 Å². The zero-order chi connectivity index (χ0) is 38.7. The molecule has 4 rings (SSSR count).